The summed E-state index contributed by atoms with van der Waals surface area (Å²) in [4.78, 5) is 41.8. The van der Waals surface area contributed by atoms with Gasteiger partial charge >= 0.3 is 0 Å². The number of carbonyl (C=O) groups excluding carboxylic acids is 2. The minimum Gasteiger partial charge on any atom is -0.508 e. The third-order valence-corrected chi connectivity index (χ3v) is 8.76. The fourth-order valence-corrected chi connectivity index (χ4v) is 6.64. The molecule has 0 fully saturated rings. The predicted molar refractivity (Wildman–Crippen MR) is 179 cm³/mol. The van der Waals surface area contributed by atoms with Gasteiger partial charge in [-0.1, -0.05) is 53.5 Å². The predicted octanol–water partition coefficient (Wildman–Crippen LogP) is 8.27. The SMILES string of the molecule is O=C1c2cnccc2-c2c1c(Cl)nc1cc(O)ccc21.O=C1c2cnccc2-c2c1c(Cl)nc1cc(OCc3ccccc3)ccc21. The van der Waals surface area contributed by atoms with Crippen LogP contribution in [0.15, 0.2) is 104 Å². The van der Waals surface area contributed by atoms with Crippen LogP contribution in [0.1, 0.15) is 37.4 Å². The summed E-state index contributed by atoms with van der Waals surface area (Å²) in [7, 11) is 0. The minimum atomic E-state index is -0.157. The second-order valence-corrected chi connectivity index (χ2v) is 11.7. The van der Waals surface area contributed by atoms with Crippen molar-refractivity contribution in [2.24, 2.45) is 0 Å². The van der Waals surface area contributed by atoms with Crippen LogP contribution in [0.25, 0.3) is 44.1 Å². The highest BCUT2D eigenvalue weighted by molar-refractivity contribution is 6.39. The molecule has 0 bridgehead atoms. The maximum absolute atomic E-state index is 12.7. The second-order valence-electron chi connectivity index (χ2n) is 11.0. The Labute approximate surface area is 277 Å². The number of nitrogens with zero attached hydrogens (tertiary/aromatic N) is 4. The number of ether oxygens (including phenoxy) is 1. The Bertz CT molecular complexity index is 2450. The molecule has 7 aromatic rings. The molecule has 47 heavy (non-hydrogen) atoms. The molecule has 4 heterocycles. The van der Waals surface area contributed by atoms with Crippen molar-refractivity contribution in [1.29, 1.82) is 0 Å². The maximum Gasteiger partial charge on any atom is 0.198 e. The molecule has 0 aliphatic heterocycles. The lowest BCUT2D eigenvalue weighted by molar-refractivity contribution is 0.103. The number of halogens is 2. The van der Waals surface area contributed by atoms with E-state index in [0.29, 0.717) is 45.6 Å². The summed E-state index contributed by atoms with van der Waals surface area (Å²) in [5.41, 5.74) is 7.54. The number of aromatic hydroxyl groups is 1. The third-order valence-electron chi connectivity index (χ3n) is 8.21. The van der Waals surface area contributed by atoms with Gasteiger partial charge in [-0.05, 0) is 53.1 Å². The summed E-state index contributed by atoms with van der Waals surface area (Å²) in [6.45, 7) is 0.470. The van der Waals surface area contributed by atoms with Gasteiger partial charge in [0, 0.05) is 69.9 Å². The second kappa shape index (κ2) is 11.3. The molecule has 3 aromatic carbocycles. The number of hydrogen-bond acceptors (Lipinski definition) is 8. The Kier molecular flexibility index (Phi) is 6.90. The number of pyridine rings is 4. The lowest BCUT2D eigenvalue weighted by Crippen LogP contribution is -1.99. The summed E-state index contributed by atoms with van der Waals surface area (Å²) in [6.07, 6.45) is 6.44. The van der Waals surface area contributed by atoms with Crippen LogP contribution in [0.3, 0.4) is 0 Å². The van der Waals surface area contributed by atoms with Crippen LogP contribution < -0.4 is 4.74 Å². The van der Waals surface area contributed by atoms with Crippen molar-refractivity contribution in [3.05, 3.63) is 142 Å². The molecule has 8 nitrogen and oxygen atoms in total. The Morgan fingerprint density at radius 1 is 0.617 bits per heavy atom. The Morgan fingerprint density at radius 3 is 1.77 bits per heavy atom. The van der Waals surface area contributed by atoms with Crippen molar-refractivity contribution in [2.45, 2.75) is 6.61 Å². The van der Waals surface area contributed by atoms with Gasteiger partial charge in [0.1, 0.15) is 28.4 Å². The van der Waals surface area contributed by atoms with Crippen LogP contribution in [0.2, 0.25) is 10.3 Å². The lowest BCUT2D eigenvalue weighted by Gasteiger charge is -2.10. The van der Waals surface area contributed by atoms with Gasteiger partial charge in [0.15, 0.2) is 11.6 Å². The average molecular weight is 655 g/mol. The van der Waals surface area contributed by atoms with Gasteiger partial charge in [-0.15, -0.1) is 0 Å². The highest BCUT2D eigenvalue weighted by Crippen LogP contribution is 2.45. The summed E-state index contributed by atoms with van der Waals surface area (Å²) in [6, 6.07) is 24.1. The summed E-state index contributed by atoms with van der Waals surface area (Å²) in [5, 5.41) is 11.6. The van der Waals surface area contributed by atoms with Gasteiger partial charge in [-0.2, -0.15) is 0 Å². The first-order valence-electron chi connectivity index (χ1n) is 14.5. The van der Waals surface area contributed by atoms with E-state index in [4.69, 9.17) is 27.9 Å². The number of phenols is 1. The maximum atomic E-state index is 12.7. The number of fused-ring (bicyclic) bond motifs is 10. The zero-order chi connectivity index (χ0) is 32.2. The number of carbonyl (C=O) groups is 2. The Morgan fingerprint density at radius 2 is 1.17 bits per heavy atom. The van der Waals surface area contributed by atoms with Crippen molar-refractivity contribution < 1.29 is 19.4 Å². The average Bonchev–Trinajstić information content (AvgIpc) is 3.57. The number of phenolic OH excluding ortho intramolecular Hbond substituents is 1. The van der Waals surface area contributed by atoms with Crippen molar-refractivity contribution in [2.75, 3.05) is 0 Å². The normalized spacial score (nSPS) is 12.3. The zero-order valence-electron chi connectivity index (χ0n) is 24.2. The number of ketones is 2. The molecule has 0 unspecified atom stereocenters. The van der Waals surface area contributed by atoms with E-state index in [9.17, 15) is 14.7 Å². The monoisotopic (exact) mass is 654 g/mol. The van der Waals surface area contributed by atoms with Gasteiger partial charge in [-0.25, -0.2) is 9.97 Å². The van der Waals surface area contributed by atoms with Crippen LogP contribution in [0.5, 0.6) is 11.5 Å². The number of hydrogen-bond donors (Lipinski definition) is 1. The first kappa shape index (κ1) is 28.8. The van der Waals surface area contributed by atoms with Crippen molar-refractivity contribution in [1.82, 2.24) is 19.9 Å². The van der Waals surface area contributed by atoms with Gasteiger partial charge in [-0.3, -0.25) is 19.6 Å². The Balaban J connectivity index is 0.000000144. The highest BCUT2D eigenvalue weighted by atomic mass is 35.5. The van der Waals surface area contributed by atoms with Gasteiger partial charge in [0.05, 0.1) is 22.2 Å². The first-order valence-corrected chi connectivity index (χ1v) is 15.2. The molecule has 10 heteroatoms. The van der Waals surface area contributed by atoms with Crippen molar-refractivity contribution in [3.63, 3.8) is 0 Å². The van der Waals surface area contributed by atoms with Crippen LogP contribution in [-0.4, -0.2) is 36.6 Å². The smallest absolute Gasteiger partial charge is 0.198 e. The lowest BCUT2D eigenvalue weighted by atomic mass is 10.0. The number of rotatable bonds is 3. The molecule has 9 rings (SSSR count). The summed E-state index contributed by atoms with van der Waals surface area (Å²) in [5.74, 6) is 0.530. The zero-order valence-corrected chi connectivity index (χ0v) is 25.8. The van der Waals surface area contributed by atoms with E-state index >= 15 is 0 Å². The third kappa shape index (κ3) is 4.77. The molecule has 0 saturated heterocycles. The molecule has 0 amide bonds. The van der Waals surface area contributed by atoms with Crippen LogP contribution in [0, 0.1) is 0 Å². The van der Waals surface area contributed by atoms with E-state index in [2.05, 4.69) is 19.9 Å². The molecular weight excluding hydrogens is 635 g/mol. The summed E-state index contributed by atoms with van der Waals surface area (Å²) >= 11 is 12.5. The Hall–Kier alpha value is -5.70. The van der Waals surface area contributed by atoms with Gasteiger partial charge in [0.25, 0.3) is 0 Å². The number of benzene rings is 3. The molecule has 0 saturated carbocycles. The highest BCUT2D eigenvalue weighted by Gasteiger charge is 2.33. The molecular formula is C37H20Cl2N4O4. The van der Waals surface area contributed by atoms with E-state index in [1.165, 1.54) is 6.07 Å². The van der Waals surface area contributed by atoms with Crippen molar-refractivity contribution in [3.8, 4) is 33.8 Å². The molecule has 4 aromatic heterocycles. The molecule has 226 valence electrons. The fourth-order valence-electron chi connectivity index (χ4n) is 6.10. The van der Waals surface area contributed by atoms with E-state index in [1.807, 2.05) is 54.6 Å². The van der Waals surface area contributed by atoms with E-state index in [0.717, 1.165) is 38.6 Å². The van der Waals surface area contributed by atoms with Crippen molar-refractivity contribution >= 4 is 56.6 Å². The quantitative estimate of drug-likeness (QED) is 0.189. The van der Waals surface area contributed by atoms with E-state index < -0.39 is 0 Å². The fraction of sp³-hybridized carbons (Fsp3) is 0.0270. The molecule has 0 atom stereocenters. The minimum absolute atomic E-state index is 0.111. The standard InChI is InChI=1S/C22H13ClN2O2.C15H7ClN2O2/c23-22-20-19(15-8-9-24-11-17(15)21(20)26)16-7-6-14(10-18(16)25-22)27-12-13-4-2-1-3-5-13;16-15-13-12(8-3-4-17-6-10(8)14(13)20)9-2-1-7(19)5-11(9)18-15/h1-11H,12H2;1-6,19H. The molecule has 1 N–H and O–H groups in total. The largest absolute Gasteiger partial charge is 0.508 e. The summed E-state index contributed by atoms with van der Waals surface area (Å²) < 4.78 is 5.89. The molecule has 0 spiro atoms. The van der Waals surface area contributed by atoms with Gasteiger partial charge < -0.3 is 9.84 Å². The van der Waals surface area contributed by atoms with Crippen LogP contribution >= 0.6 is 23.2 Å². The van der Waals surface area contributed by atoms with Crippen LogP contribution in [0.4, 0.5) is 0 Å². The van der Waals surface area contributed by atoms with E-state index in [-0.39, 0.29) is 27.6 Å². The first-order chi connectivity index (χ1) is 22.9. The van der Waals surface area contributed by atoms with E-state index in [1.54, 1.807) is 43.0 Å². The number of aromatic nitrogens is 4. The topological polar surface area (TPSA) is 115 Å². The van der Waals surface area contributed by atoms with Crippen LogP contribution in [-0.2, 0) is 6.61 Å². The molecule has 0 radical (unpaired) electrons. The molecule has 2 aliphatic rings. The molecule has 2 aliphatic carbocycles. The van der Waals surface area contributed by atoms with Gasteiger partial charge in [0.2, 0.25) is 0 Å².